The smallest absolute Gasteiger partial charge is 0.0227 e. The number of hydrogen-bond donors (Lipinski definition) is 0. The molecule has 0 nitrogen and oxygen atoms in total. The van der Waals surface area contributed by atoms with E-state index in [1.54, 1.807) is 0 Å². The van der Waals surface area contributed by atoms with Crippen molar-refractivity contribution in [3.05, 3.63) is 34.7 Å². The van der Waals surface area contributed by atoms with Gasteiger partial charge in [-0.05, 0) is 16.4 Å². The summed E-state index contributed by atoms with van der Waals surface area (Å²) < 4.78 is 0. The quantitative estimate of drug-likeness (QED) is 0.563. The molecule has 11 heavy (non-hydrogen) atoms. The van der Waals surface area contributed by atoms with Crippen molar-refractivity contribution in [2.75, 3.05) is 0 Å². The Morgan fingerprint density at radius 3 is 2.45 bits per heavy atom. The average molecular weight is 146 g/mol. The van der Waals surface area contributed by atoms with Crippen LogP contribution in [0.3, 0.4) is 0 Å². The van der Waals surface area contributed by atoms with Crippen molar-refractivity contribution in [2.45, 2.75) is 13.8 Å². The van der Waals surface area contributed by atoms with Crippen LogP contribution in [0.5, 0.6) is 0 Å². The molecule has 0 atom stereocenters. The van der Waals surface area contributed by atoms with Gasteiger partial charge in [-0.2, -0.15) is 0 Å². The molecule has 0 heteroatoms. The standard InChI is InChI=1S/C11H14/c1-9(2)8-11-7-5-4-6-10(11)3/h4-9H,3H2,1-2H3. The molecule has 58 valence electrons. The highest BCUT2D eigenvalue weighted by Crippen LogP contribution is 1.90. The van der Waals surface area contributed by atoms with Crippen LogP contribution >= 0.6 is 0 Å². The third-order valence-electron chi connectivity index (χ3n) is 1.57. The van der Waals surface area contributed by atoms with Crippen LogP contribution in [0.15, 0.2) is 24.3 Å². The molecule has 0 fully saturated rings. The lowest BCUT2D eigenvalue weighted by Gasteiger charge is -1.93. The highest BCUT2D eigenvalue weighted by Gasteiger charge is 1.85. The highest BCUT2D eigenvalue weighted by atomic mass is 13.9. The number of hydrogen-bond acceptors (Lipinski definition) is 0. The molecular formula is C11H14. The van der Waals surface area contributed by atoms with E-state index >= 15 is 0 Å². The van der Waals surface area contributed by atoms with Gasteiger partial charge >= 0.3 is 0 Å². The second-order valence-corrected chi connectivity index (χ2v) is 3.11. The summed E-state index contributed by atoms with van der Waals surface area (Å²) in [5, 5.41) is 2.36. The zero-order chi connectivity index (χ0) is 8.27. The first-order valence-electron chi connectivity index (χ1n) is 3.96. The highest BCUT2D eigenvalue weighted by molar-refractivity contribution is 5.27. The Morgan fingerprint density at radius 2 is 1.91 bits per heavy atom. The van der Waals surface area contributed by atoms with E-state index in [0.717, 1.165) is 5.22 Å². The molecular weight excluding hydrogens is 132 g/mol. The van der Waals surface area contributed by atoms with E-state index in [0.29, 0.717) is 5.92 Å². The molecule has 1 aromatic rings. The van der Waals surface area contributed by atoms with Crippen LogP contribution in [0.25, 0.3) is 12.7 Å². The van der Waals surface area contributed by atoms with Crippen LogP contribution in [-0.2, 0) is 0 Å². The Kier molecular flexibility index (Phi) is 2.48. The minimum Gasteiger partial charge on any atom is -0.0912 e. The molecule has 0 saturated heterocycles. The van der Waals surface area contributed by atoms with Gasteiger partial charge in [0.1, 0.15) is 0 Å². The molecule has 0 aliphatic carbocycles. The summed E-state index contributed by atoms with van der Waals surface area (Å²) in [5.74, 6) is 0.595. The summed E-state index contributed by atoms with van der Waals surface area (Å²) in [7, 11) is 0. The van der Waals surface area contributed by atoms with Gasteiger partial charge in [-0.3, -0.25) is 0 Å². The van der Waals surface area contributed by atoms with E-state index < -0.39 is 0 Å². The van der Waals surface area contributed by atoms with Crippen LogP contribution in [0.2, 0.25) is 0 Å². The maximum atomic E-state index is 3.94. The molecule has 0 aromatic heterocycles. The molecule has 0 radical (unpaired) electrons. The lowest BCUT2D eigenvalue weighted by molar-refractivity contribution is 0.880. The Balaban J connectivity index is 3.24. The molecule has 0 spiro atoms. The van der Waals surface area contributed by atoms with E-state index in [4.69, 9.17) is 0 Å². The monoisotopic (exact) mass is 146 g/mol. The Hall–Kier alpha value is -1.04. The van der Waals surface area contributed by atoms with Crippen molar-refractivity contribution >= 4 is 12.7 Å². The Labute approximate surface area is 67.9 Å². The van der Waals surface area contributed by atoms with Gasteiger partial charge < -0.3 is 0 Å². The lowest BCUT2D eigenvalue weighted by atomic mass is 10.1. The topological polar surface area (TPSA) is 0 Å². The molecule has 0 N–H and O–H groups in total. The fourth-order valence-electron chi connectivity index (χ4n) is 1.06. The molecule has 0 bridgehead atoms. The summed E-state index contributed by atoms with van der Waals surface area (Å²) in [6, 6.07) is 8.19. The molecule has 0 aliphatic heterocycles. The van der Waals surface area contributed by atoms with Crippen molar-refractivity contribution < 1.29 is 0 Å². The van der Waals surface area contributed by atoms with Crippen molar-refractivity contribution in [1.82, 2.24) is 0 Å². The maximum absolute atomic E-state index is 3.94. The predicted octanol–water partition coefficient (Wildman–Crippen LogP) is 1.53. The average Bonchev–Trinajstić information content (AvgIpc) is 1.93. The molecule has 1 rings (SSSR count). The van der Waals surface area contributed by atoms with Crippen LogP contribution in [0, 0.1) is 5.92 Å². The first-order valence-corrected chi connectivity index (χ1v) is 3.96. The van der Waals surface area contributed by atoms with Gasteiger partial charge in [0.2, 0.25) is 0 Å². The van der Waals surface area contributed by atoms with Crippen LogP contribution in [0.1, 0.15) is 13.8 Å². The van der Waals surface area contributed by atoms with E-state index in [1.165, 1.54) is 5.22 Å². The molecule has 0 unspecified atom stereocenters. The number of rotatable bonds is 1. The van der Waals surface area contributed by atoms with Crippen LogP contribution < -0.4 is 10.4 Å². The third-order valence-corrected chi connectivity index (χ3v) is 1.57. The summed E-state index contributed by atoms with van der Waals surface area (Å²) in [6.07, 6.45) is 2.22. The minimum atomic E-state index is 0.595. The minimum absolute atomic E-state index is 0.595. The fourth-order valence-corrected chi connectivity index (χ4v) is 1.06. The van der Waals surface area contributed by atoms with Gasteiger partial charge in [0.25, 0.3) is 0 Å². The van der Waals surface area contributed by atoms with Crippen LogP contribution in [-0.4, -0.2) is 0 Å². The Morgan fingerprint density at radius 1 is 1.27 bits per heavy atom. The number of benzene rings is 1. The first-order chi connectivity index (χ1) is 5.20. The summed E-state index contributed by atoms with van der Waals surface area (Å²) in [4.78, 5) is 0. The zero-order valence-electron chi connectivity index (χ0n) is 7.17. The van der Waals surface area contributed by atoms with Gasteiger partial charge in [-0.25, -0.2) is 0 Å². The second kappa shape index (κ2) is 3.38. The third kappa shape index (κ3) is 2.23. The zero-order valence-corrected chi connectivity index (χ0v) is 7.17. The summed E-state index contributed by atoms with van der Waals surface area (Å²) in [6.45, 7) is 8.29. The molecule has 0 amide bonds. The van der Waals surface area contributed by atoms with E-state index in [2.05, 4.69) is 32.6 Å². The van der Waals surface area contributed by atoms with Crippen molar-refractivity contribution in [2.24, 2.45) is 5.92 Å². The van der Waals surface area contributed by atoms with Gasteiger partial charge in [0, 0.05) is 0 Å². The van der Waals surface area contributed by atoms with Crippen molar-refractivity contribution in [3.63, 3.8) is 0 Å². The molecule has 1 aromatic carbocycles. The maximum Gasteiger partial charge on any atom is -0.0227 e. The van der Waals surface area contributed by atoms with E-state index in [1.807, 2.05) is 18.2 Å². The largest absolute Gasteiger partial charge is 0.0912 e. The lowest BCUT2D eigenvalue weighted by Crippen LogP contribution is -2.22. The Bertz CT molecular complexity index is 320. The summed E-state index contributed by atoms with van der Waals surface area (Å²) >= 11 is 0. The molecule has 0 aliphatic rings. The SMILES string of the molecule is C=c1ccccc1=CC(C)C. The van der Waals surface area contributed by atoms with Gasteiger partial charge in [-0.1, -0.05) is 50.8 Å². The van der Waals surface area contributed by atoms with Crippen molar-refractivity contribution in [3.8, 4) is 0 Å². The molecule has 0 heterocycles. The van der Waals surface area contributed by atoms with Gasteiger partial charge in [-0.15, -0.1) is 0 Å². The van der Waals surface area contributed by atoms with Crippen molar-refractivity contribution in [1.29, 1.82) is 0 Å². The normalized spacial score (nSPS) is 12.5. The predicted molar refractivity (Wildman–Crippen MR) is 50.5 cm³/mol. The van der Waals surface area contributed by atoms with E-state index in [-0.39, 0.29) is 0 Å². The fraction of sp³-hybridized carbons (Fsp3) is 0.273. The first kappa shape index (κ1) is 8.06. The van der Waals surface area contributed by atoms with Gasteiger partial charge in [0.15, 0.2) is 0 Å². The summed E-state index contributed by atoms with van der Waals surface area (Å²) in [5.41, 5.74) is 0. The van der Waals surface area contributed by atoms with Gasteiger partial charge in [0.05, 0.1) is 0 Å². The van der Waals surface area contributed by atoms with Crippen LogP contribution in [0.4, 0.5) is 0 Å². The molecule has 0 saturated carbocycles. The second-order valence-electron chi connectivity index (χ2n) is 3.11. The van der Waals surface area contributed by atoms with E-state index in [9.17, 15) is 0 Å².